The van der Waals surface area contributed by atoms with Gasteiger partial charge in [-0.15, -0.1) is 0 Å². The van der Waals surface area contributed by atoms with Crippen molar-refractivity contribution in [3.63, 3.8) is 0 Å². The van der Waals surface area contributed by atoms with Crippen LogP contribution in [0.4, 0.5) is 0 Å². The number of carboxylic acids is 1. The molecule has 0 bridgehead atoms. The number of nitrogens with one attached hydrogen (secondary N) is 1. The number of hydrogen-bond acceptors (Lipinski definition) is 5. The summed E-state index contributed by atoms with van der Waals surface area (Å²) >= 11 is 0. The number of carbonyl (C=O) groups excluding carboxylic acids is 2. The maximum absolute atomic E-state index is 12.7. The second-order valence-corrected chi connectivity index (χ2v) is 14.4. The molecule has 0 aliphatic heterocycles. The van der Waals surface area contributed by atoms with Crippen LogP contribution in [0.1, 0.15) is 200 Å². The zero-order valence-corrected chi connectivity index (χ0v) is 33.6. The Kier molecular flexibility index (Phi) is 37.5. The van der Waals surface area contributed by atoms with Crippen molar-refractivity contribution in [2.24, 2.45) is 5.73 Å². The third-order valence-corrected chi connectivity index (χ3v) is 9.35. The van der Waals surface area contributed by atoms with E-state index in [1.165, 1.54) is 70.6 Å². The van der Waals surface area contributed by atoms with E-state index in [9.17, 15) is 19.5 Å². The molecule has 0 heterocycles. The van der Waals surface area contributed by atoms with Crippen molar-refractivity contribution >= 4 is 17.8 Å². The van der Waals surface area contributed by atoms with Crippen molar-refractivity contribution in [3.8, 4) is 0 Å². The van der Waals surface area contributed by atoms with E-state index in [4.69, 9.17) is 10.5 Å². The SMILES string of the molecule is CCCCCC/C=C\C/C=C\CCCCCCCC(=O)OC(/C=C\C/C=C\CCCCCC)CCCCCCCCC(=O)NC(CCCN)C(=O)O. The van der Waals surface area contributed by atoms with Gasteiger partial charge in [0, 0.05) is 12.8 Å². The summed E-state index contributed by atoms with van der Waals surface area (Å²) < 4.78 is 5.93. The summed E-state index contributed by atoms with van der Waals surface area (Å²) in [6.07, 6.45) is 47.4. The second-order valence-electron chi connectivity index (χ2n) is 14.4. The van der Waals surface area contributed by atoms with Crippen LogP contribution in [0.15, 0.2) is 48.6 Å². The fourth-order valence-corrected chi connectivity index (χ4v) is 6.08. The molecule has 0 aromatic rings. The van der Waals surface area contributed by atoms with Crippen LogP contribution in [0, 0.1) is 0 Å². The number of aliphatic carboxylic acids is 1. The van der Waals surface area contributed by atoms with E-state index >= 15 is 0 Å². The van der Waals surface area contributed by atoms with Crippen molar-refractivity contribution in [1.82, 2.24) is 5.32 Å². The van der Waals surface area contributed by atoms with Crippen LogP contribution in [-0.4, -0.2) is 41.6 Å². The first-order valence-corrected chi connectivity index (χ1v) is 21.5. The lowest BCUT2D eigenvalue weighted by atomic mass is 10.0. The first-order valence-electron chi connectivity index (χ1n) is 21.5. The molecule has 0 saturated carbocycles. The Hall–Kier alpha value is -2.67. The van der Waals surface area contributed by atoms with E-state index in [1.54, 1.807) is 0 Å². The molecule has 300 valence electrons. The van der Waals surface area contributed by atoms with Gasteiger partial charge in [0.1, 0.15) is 12.1 Å². The summed E-state index contributed by atoms with van der Waals surface area (Å²) in [4.78, 5) is 36.2. The molecule has 52 heavy (non-hydrogen) atoms. The average Bonchev–Trinajstić information content (AvgIpc) is 3.13. The highest BCUT2D eigenvalue weighted by atomic mass is 16.5. The number of esters is 1. The molecule has 0 radical (unpaired) electrons. The number of rotatable bonds is 38. The van der Waals surface area contributed by atoms with E-state index in [2.05, 4.69) is 67.8 Å². The minimum absolute atomic E-state index is 0.0890. The Morgan fingerprint density at radius 3 is 1.60 bits per heavy atom. The number of amides is 1. The van der Waals surface area contributed by atoms with Gasteiger partial charge < -0.3 is 20.9 Å². The number of ether oxygens (including phenoxy) is 1. The van der Waals surface area contributed by atoms with Gasteiger partial charge in [0.15, 0.2) is 0 Å². The van der Waals surface area contributed by atoms with E-state index in [0.29, 0.717) is 32.2 Å². The molecule has 0 aliphatic rings. The van der Waals surface area contributed by atoms with Gasteiger partial charge in [0.25, 0.3) is 0 Å². The Morgan fingerprint density at radius 1 is 0.577 bits per heavy atom. The van der Waals surface area contributed by atoms with E-state index < -0.39 is 12.0 Å². The Balaban J connectivity index is 4.34. The number of allylic oxidation sites excluding steroid dienone is 7. The van der Waals surface area contributed by atoms with E-state index in [0.717, 1.165) is 89.9 Å². The van der Waals surface area contributed by atoms with Crippen LogP contribution in [-0.2, 0) is 19.1 Å². The minimum Gasteiger partial charge on any atom is -0.480 e. The molecule has 2 atom stereocenters. The van der Waals surface area contributed by atoms with Crippen molar-refractivity contribution in [2.75, 3.05) is 6.54 Å². The predicted octanol–water partition coefficient (Wildman–Crippen LogP) is 12.0. The van der Waals surface area contributed by atoms with Gasteiger partial charge in [0.05, 0.1) is 0 Å². The van der Waals surface area contributed by atoms with Gasteiger partial charge in [-0.1, -0.05) is 140 Å². The minimum atomic E-state index is -1.01. The molecular weight excluding hydrogens is 649 g/mol. The van der Waals surface area contributed by atoms with Crippen LogP contribution in [0.2, 0.25) is 0 Å². The quantitative estimate of drug-likeness (QED) is 0.0331. The first kappa shape index (κ1) is 49.3. The normalized spacial score (nSPS) is 13.1. The molecule has 7 heteroatoms. The molecule has 7 nitrogen and oxygen atoms in total. The molecule has 0 fully saturated rings. The lowest BCUT2D eigenvalue weighted by molar-refractivity contribution is -0.147. The molecule has 0 aromatic heterocycles. The van der Waals surface area contributed by atoms with Crippen molar-refractivity contribution in [2.45, 2.75) is 212 Å². The maximum atomic E-state index is 12.7. The van der Waals surface area contributed by atoms with E-state index in [1.807, 2.05) is 0 Å². The Labute approximate surface area is 319 Å². The summed E-state index contributed by atoms with van der Waals surface area (Å²) in [5, 5.41) is 11.9. The van der Waals surface area contributed by atoms with Gasteiger partial charge in [-0.05, 0) is 103 Å². The standard InChI is InChI=1S/C45H80N2O5/c1-3-5-7-9-11-13-14-15-16-17-18-19-21-23-29-33-39-44(49)52-41(35-30-26-22-20-12-10-8-6-4-2)36-31-27-24-25-28-32-38-43(48)47-42(45(50)51)37-34-40-46/h13-14,16-17,20,22,30,35,41-42H,3-12,15,18-19,21,23-29,31-34,36-40,46H2,1-2H3,(H,47,48)(H,50,51)/b14-13-,17-16-,22-20-,35-30-. The molecule has 4 N–H and O–H groups in total. The highest BCUT2D eigenvalue weighted by Gasteiger charge is 2.18. The summed E-state index contributed by atoms with van der Waals surface area (Å²) in [6.45, 7) is 4.90. The highest BCUT2D eigenvalue weighted by molar-refractivity contribution is 5.83. The molecule has 0 aliphatic carbocycles. The molecule has 2 unspecified atom stereocenters. The molecule has 0 aromatic carbocycles. The first-order chi connectivity index (χ1) is 25.4. The maximum Gasteiger partial charge on any atom is 0.326 e. The summed E-state index contributed by atoms with van der Waals surface area (Å²) in [5.41, 5.74) is 5.47. The van der Waals surface area contributed by atoms with Gasteiger partial charge in [-0.3, -0.25) is 9.59 Å². The average molecular weight is 729 g/mol. The smallest absolute Gasteiger partial charge is 0.326 e. The van der Waals surface area contributed by atoms with Crippen molar-refractivity contribution < 1.29 is 24.2 Å². The van der Waals surface area contributed by atoms with Crippen LogP contribution in [0.3, 0.4) is 0 Å². The predicted molar refractivity (Wildman–Crippen MR) is 220 cm³/mol. The van der Waals surface area contributed by atoms with Gasteiger partial charge in [-0.2, -0.15) is 0 Å². The largest absolute Gasteiger partial charge is 0.480 e. The fraction of sp³-hybridized carbons (Fsp3) is 0.756. The number of nitrogens with two attached hydrogens (primary N) is 1. The Morgan fingerprint density at radius 2 is 1.06 bits per heavy atom. The van der Waals surface area contributed by atoms with Gasteiger partial charge >= 0.3 is 11.9 Å². The summed E-state index contributed by atoms with van der Waals surface area (Å²) in [5.74, 6) is -1.30. The number of unbranched alkanes of at least 4 members (excludes halogenated alkanes) is 18. The monoisotopic (exact) mass is 729 g/mol. The van der Waals surface area contributed by atoms with Crippen molar-refractivity contribution in [3.05, 3.63) is 48.6 Å². The van der Waals surface area contributed by atoms with E-state index in [-0.39, 0.29) is 18.0 Å². The molecule has 0 saturated heterocycles. The lowest BCUT2D eigenvalue weighted by Gasteiger charge is -2.15. The molecular formula is C45H80N2O5. The third kappa shape index (κ3) is 35.7. The summed E-state index contributed by atoms with van der Waals surface area (Å²) in [6, 6.07) is -0.858. The molecule has 0 spiro atoms. The molecule has 1 amide bonds. The van der Waals surface area contributed by atoms with Crippen LogP contribution < -0.4 is 11.1 Å². The topological polar surface area (TPSA) is 119 Å². The number of hydrogen-bond donors (Lipinski definition) is 3. The zero-order valence-electron chi connectivity index (χ0n) is 33.6. The van der Waals surface area contributed by atoms with Crippen molar-refractivity contribution in [1.29, 1.82) is 0 Å². The highest BCUT2D eigenvalue weighted by Crippen LogP contribution is 2.15. The van der Waals surface area contributed by atoms with Gasteiger partial charge in [0.2, 0.25) is 5.91 Å². The molecule has 0 rings (SSSR count). The van der Waals surface area contributed by atoms with Crippen LogP contribution >= 0.6 is 0 Å². The Bertz CT molecular complexity index is 957. The number of carbonyl (C=O) groups is 3. The third-order valence-electron chi connectivity index (χ3n) is 9.35. The number of carboxylic acid groups (broad SMARTS) is 1. The van der Waals surface area contributed by atoms with Crippen LogP contribution in [0.5, 0.6) is 0 Å². The lowest BCUT2D eigenvalue weighted by Crippen LogP contribution is -2.40. The summed E-state index contributed by atoms with van der Waals surface area (Å²) in [7, 11) is 0. The second kappa shape index (κ2) is 39.5. The zero-order chi connectivity index (χ0) is 38.2. The fourth-order valence-electron chi connectivity index (χ4n) is 6.08. The van der Waals surface area contributed by atoms with Gasteiger partial charge in [-0.25, -0.2) is 4.79 Å². The van der Waals surface area contributed by atoms with Crippen LogP contribution in [0.25, 0.3) is 0 Å².